The highest BCUT2D eigenvalue weighted by Crippen LogP contribution is 2.25. The summed E-state index contributed by atoms with van der Waals surface area (Å²) in [5, 5.41) is 9.65. The largest absolute Gasteiger partial charge is 0.508 e. The Hall–Kier alpha value is -1.75. The van der Waals surface area contributed by atoms with Crippen molar-refractivity contribution in [3.05, 3.63) is 47.0 Å². The van der Waals surface area contributed by atoms with Gasteiger partial charge in [-0.15, -0.1) is 0 Å². The molecule has 1 heterocycles. The number of benzene rings is 1. The second-order valence-electron chi connectivity index (χ2n) is 4.13. The standard InChI is InChI=1S/C13H14N2O2S/c1-9(2)15-8-7-14-12(13(15)17)18-11-5-3-10(16)4-6-11/h3-9,16H,1-2H3. The molecule has 94 valence electrons. The van der Waals surface area contributed by atoms with E-state index in [0.29, 0.717) is 5.03 Å². The summed E-state index contributed by atoms with van der Waals surface area (Å²) in [6.07, 6.45) is 3.32. The number of phenols is 1. The molecule has 0 atom stereocenters. The van der Waals surface area contributed by atoms with E-state index in [1.54, 1.807) is 41.2 Å². The fraction of sp³-hybridized carbons (Fsp3) is 0.231. The van der Waals surface area contributed by atoms with Crippen molar-refractivity contribution >= 4 is 11.8 Å². The third-order valence-electron chi connectivity index (χ3n) is 2.44. The van der Waals surface area contributed by atoms with E-state index in [1.165, 1.54) is 11.8 Å². The number of aromatic nitrogens is 2. The number of nitrogens with zero attached hydrogens (tertiary/aromatic N) is 2. The maximum atomic E-state index is 12.1. The van der Waals surface area contributed by atoms with Gasteiger partial charge in [-0.3, -0.25) is 4.79 Å². The number of aromatic hydroxyl groups is 1. The lowest BCUT2D eigenvalue weighted by Crippen LogP contribution is -2.23. The number of hydrogen-bond acceptors (Lipinski definition) is 4. The zero-order valence-corrected chi connectivity index (χ0v) is 11.0. The molecule has 0 radical (unpaired) electrons. The van der Waals surface area contributed by atoms with Crippen molar-refractivity contribution in [2.24, 2.45) is 0 Å². The summed E-state index contributed by atoms with van der Waals surface area (Å²) in [7, 11) is 0. The normalized spacial score (nSPS) is 10.8. The maximum Gasteiger partial charge on any atom is 0.283 e. The molecule has 0 amide bonds. The molecule has 0 saturated carbocycles. The monoisotopic (exact) mass is 262 g/mol. The fourth-order valence-electron chi connectivity index (χ4n) is 1.51. The van der Waals surface area contributed by atoms with Gasteiger partial charge in [0.25, 0.3) is 5.56 Å². The van der Waals surface area contributed by atoms with E-state index in [2.05, 4.69) is 4.98 Å². The van der Waals surface area contributed by atoms with Crippen molar-refractivity contribution in [1.82, 2.24) is 9.55 Å². The van der Waals surface area contributed by atoms with Gasteiger partial charge in [0.1, 0.15) is 5.75 Å². The Bertz CT molecular complexity index is 591. The van der Waals surface area contributed by atoms with Crippen LogP contribution in [0.15, 0.2) is 51.4 Å². The van der Waals surface area contributed by atoms with Gasteiger partial charge in [0, 0.05) is 23.3 Å². The van der Waals surface area contributed by atoms with E-state index in [0.717, 1.165) is 4.90 Å². The van der Waals surface area contributed by atoms with Gasteiger partial charge >= 0.3 is 0 Å². The van der Waals surface area contributed by atoms with E-state index in [-0.39, 0.29) is 17.4 Å². The molecule has 5 heteroatoms. The first-order chi connectivity index (χ1) is 8.58. The van der Waals surface area contributed by atoms with Gasteiger partial charge in [0.05, 0.1) is 0 Å². The maximum absolute atomic E-state index is 12.1. The Kier molecular flexibility index (Phi) is 3.72. The third-order valence-corrected chi connectivity index (χ3v) is 3.43. The fourth-order valence-corrected chi connectivity index (χ4v) is 2.31. The van der Waals surface area contributed by atoms with Crippen LogP contribution in [0.3, 0.4) is 0 Å². The first-order valence-electron chi connectivity index (χ1n) is 5.62. The van der Waals surface area contributed by atoms with Crippen LogP contribution < -0.4 is 5.56 Å². The van der Waals surface area contributed by atoms with E-state index in [9.17, 15) is 9.90 Å². The van der Waals surface area contributed by atoms with Gasteiger partial charge in [-0.25, -0.2) is 4.98 Å². The smallest absolute Gasteiger partial charge is 0.283 e. The summed E-state index contributed by atoms with van der Waals surface area (Å²) in [5.41, 5.74) is -0.0921. The summed E-state index contributed by atoms with van der Waals surface area (Å²) < 4.78 is 1.65. The lowest BCUT2D eigenvalue weighted by Gasteiger charge is -2.10. The predicted octanol–water partition coefficient (Wildman–Crippen LogP) is 2.68. The molecule has 1 aromatic carbocycles. The molecule has 18 heavy (non-hydrogen) atoms. The zero-order valence-electron chi connectivity index (χ0n) is 10.2. The molecule has 2 rings (SSSR count). The van der Waals surface area contributed by atoms with Crippen molar-refractivity contribution in [3.63, 3.8) is 0 Å². The third kappa shape index (κ3) is 2.73. The van der Waals surface area contributed by atoms with Crippen molar-refractivity contribution in [3.8, 4) is 5.75 Å². The van der Waals surface area contributed by atoms with Crippen LogP contribution in [0.5, 0.6) is 5.75 Å². The second kappa shape index (κ2) is 5.27. The Morgan fingerprint density at radius 3 is 2.56 bits per heavy atom. The van der Waals surface area contributed by atoms with E-state index < -0.39 is 0 Å². The molecular formula is C13H14N2O2S. The van der Waals surface area contributed by atoms with Crippen LogP contribution >= 0.6 is 11.8 Å². The van der Waals surface area contributed by atoms with Gasteiger partial charge in [-0.05, 0) is 38.1 Å². The minimum absolute atomic E-state index is 0.0921. The molecule has 0 aliphatic heterocycles. The first-order valence-corrected chi connectivity index (χ1v) is 6.43. The Labute approximate surface area is 109 Å². The summed E-state index contributed by atoms with van der Waals surface area (Å²) in [4.78, 5) is 17.1. The predicted molar refractivity (Wildman–Crippen MR) is 71.1 cm³/mol. The van der Waals surface area contributed by atoms with Gasteiger partial charge < -0.3 is 9.67 Å². The Morgan fingerprint density at radius 1 is 1.28 bits per heavy atom. The van der Waals surface area contributed by atoms with Gasteiger partial charge in [-0.2, -0.15) is 0 Å². The number of phenolic OH excluding ortho intramolecular Hbond substituents is 1. The van der Waals surface area contributed by atoms with Crippen molar-refractivity contribution < 1.29 is 5.11 Å². The molecule has 2 aromatic rings. The molecule has 0 fully saturated rings. The highest BCUT2D eigenvalue weighted by atomic mass is 32.2. The van der Waals surface area contributed by atoms with Crippen LogP contribution in [0.25, 0.3) is 0 Å². The average molecular weight is 262 g/mol. The minimum atomic E-state index is -0.0921. The Morgan fingerprint density at radius 2 is 1.94 bits per heavy atom. The molecule has 0 aliphatic carbocycles. The Balaban J connectivity index is 2.32. The van der Waals surface area contributed by atoms with E-state index in [1.807, 2.05) is 13.8 Å². The molecular weight excluding hydrogens is 248 g/mol. The van der Waals surface area contributed by atoms with Crippen LogP contribution in [0.2, 0.25) is 0 Å². The summed E-state index contributed by atoms with van der Waals surface area (Å²) in [6.45, 7) is 3.91. The minimum Gasteiger partial charge on any atom is -0.508 e. The molecule has 4 nitrogen and oxygen atoms in total. The second-order valence-corrected chi connectivity index (χ2v) is 5.20. The van der Waals surface area contributed by atoms with Crippen LogP contribution in [-0.4, -0.2) is 14.7 Å². The van der Waals surface area contributed by atoms with E-state index >= 15 is 0 Å². The zero-order chi connectivity index (χ0) is 13.1. The number of hydrogen-bond donors (Lipinski definition) is 1. The van der Waals surface area contributed by atoms with Crippen molar-refractivity contribution in [1.29, 1.82) is 0 Å². The van der Waals surface area contributed by atoms with Crippen LogP contribution in [-0.2, 0) is 0 Å². The van der Waals surface area contributed by atoms with Crippen LogP contribution in [0.4, 0.5) is 0 Å². The number of rotatable bonds is 3. The average Bonchev–Trinajstić information content (AvgIpc) is 2.34. The SMILES string of the molecule is CC(C)n1ccnc(Sc2ccc(O)cc2)c1=O. The molecule has 0 bridgehead atoms. The summed E-state index contributed by atoms with van der Waals surface area (Å²) in [6, 6.07) is 6.81. The topological polar surface area (TPSA) is 55.1 Å². The first kappa shape index (κ1) is 12.7. The van der Waals surface area contributed by atoms with Crippen LogP contribution in [0.1, 0.15) is 19.9 Å². The van der Waals surface area contributed by atoms with Crippen molar-refractivity contribution in [2.75, 3.05) is 0 Å². The van der Waals surface area contributed by atoms with Crippen molar-refractivity contribution in [2.45, 2.75) is 29.8 Å². The lowest BCUT2D eigenvalue weighted by molar-refractivity contribution is 0.475. The molecule has 1 aromatic heterocycles. The molecule has 0 unspecified atom stereocenters. The molecule has 0 saturated heterocycles. The molecule has 0 spiro atoms. The molecule has 1 N–H and O–H groups in total. The highest BCUT2D eigenvalue weighted by Gasteiger charge is 2.08. The summed E-state index contributed by atoms with van der Waals surface area (Å²) >= 11 is 1.30. The van der Waals surface area contributed by atoms with E-state index in [4.69, 9.17) is 0 Å². The quantitative estimate of drug-likeness (QED) is 0.924. The van der Waals surface area contributed by atoms with Crippen LogP contribution in [0, 0.1) is 0 Å². The highest BCUT2D eigenvalue weighted by molar-refractivity contribution is 7.99. The van der Waals surface area contributed by atoms with Gasteiger partial charge in [0.2, 0.25) is 0 Å². The summed E-state index contributed by atoms with van der Waals surface area (Å²) in [5.74, 6) is 0.208. The van der Waals surface area contributed by atoms with Gasteiger partial charge in [0.15, 0.2) is 5.03 Å². The lowest BCUT2D eigenvalue weighted by atomic mass is 10.3. The molecule has 0 aliphatic rings. The van der Waals surface area contributed by atoms with Gasteiger partial charge in [-0.1, -0.05) is 11.8 Å².